The Balaban J connectivity index is 1.68. The van der Waals surface area contributed by atoms with Gasteiger partial charge in [0.25, 0.3) is 0 Å². The van der Waals surface area contributed by atoms with E-state index in [9.17, 15) is 9.59 Å². The molecule has 0 amide bonds. The Morgan fingerprint density at radius 2 is 1.86 bits per heavy atom. The van der Waals surface area contributed by atoms with Gasteiger partial charge in [-0.2, -0.15) is 0 Å². The van der Waals surface area contributed by atoms with Crippen molar-refractivity contribution in [2.75, 3.05) is 0 Å². The van der Waals surface area contributed by atoms with Crippen LogP contribution < -0.4 is 0 Å². The molecule has 22 heavy (non-hydrogen) atoms. The summed E-state index contributed by atoms with van der Waals surface area (Å²) in [4.78, 5) is 23.3. The van der Waals surface area contributed by atoms with Crippen LogP contribution in [0, 0.1) is 34.5 Å². The number of carbonyl (C=O) groups is 2. The van der Waals surface area contributed by atoms with Crippen LogP contribution >= 0.6 is 0 Å². The molecule has 3 unspecified atom stereocenters. The standard InChI is InChI=1S/C20H28O2/c1-19-9-7-15(22)11-13(19)3-5-16-17-6-4-14(12-21)20(17,2)10-8-18(16)19/h11-12,14,16-18H,3-10H2,1-2H3/t14-,16?,17?,18?,19+,20-/m1/s1. The highest BCUT2D eigenvalue weighted by atomic mass is 16.1. The van der Waals surface area contributed by atoms with Crippen molar-refractivity contribution in [3.63, 3.8) is 0 Å². The molecule has 4 rings (SSSR count). The van der Waals surface area contributed by atoms with Crippen molar-refractivity contribution < 1.29 is 9.59 Å². The molecule has 120 valence electrons. The predicted molar refractivity (Wildman–Crippen MR) is 86.3 cm³/mol. The third kappa shape index (κ3) is 1.79. The number of aldehydes is 1. The fraction of sp³-hybridized carbons (Fsp3) is 0.800. The molecule has 0 aromatic carbocycles. The van der Waals surface area contributed by atoms with E-state index in [1.807, 2.05) is 6.08 Å². The van der Waals surface area contributed by atoms with Crippen molar-refractivity contribution in [3.05, 3.63) is 11.6 Å². The van der Waals surface area contributed by atoms with Crippen LogP contribution in [0.15, 0.2) is 11.6 Å². The van der Waals surface area contributed by atoms with Crippen molar-refractivity contribution in [2.45, 2.75) is 65.2 Å². The number of carbonyl (C=O) groups excluding carboxylic acids is 2. The summed E-state index contributed by atoms with van der Waals surface area (Å²) < 4.78 is 0. The van der Waals surface area contributed by atoms with Gasteiger partial charge < -0.3 is 4.79 Å². The van der Waals surface area contributed by atoms with Gasteiger partial charge in [0.1, 0.15) is 6.29 Å². The van der Waals surface area contributed by atoms with Crippen molar-refractivity contribution >= 4 is 12.1 Å². The SMILES string of the molecule is C[C@]12CCC(=O)C=C1CCC1C2CC[C@@]2(C)C1CC[C@@H]2C=O. The summed E-state index contributed by atoms with van der Waals surface area (Å²) in [5.74, 6) is 2.88. The summed E-state index contributed by atoms with van der Waals surface area (Å²) in [5.41, 5.74) is 1.96. The summed E-state index contributed by atoms with van der Waals surface area (Å²) in [7, 11) is 0. The maximum absolute atomic E-state index is 11.8. The van der Waals surface area contributed by atoms with E-state index in [-0.39, 0.29) is 16.7 Å². The van der Waals surface area contributed by atoms with E-state index < -0.39 is 0 Å². The number of fused-ring (bicyclic) bond motifs is 5. The van der Waals surface area contributed by atoms with Crippen LogP contribution in [0.25, 0.3) is 0 Å². The normalized spacial score (nSPS) is 50.6. The average Bonchev–Trinajstić information content (AvgIpc) is 2.84. The number of hydrogen-bond donors (Lipinski definition) is 0. The van der Waals surface area contributed by atoms with E-state index >= 15 is 0 Å². The molecule has 0 spiro atoms. The van der Waals surface area contributed by atoms with Crippen molar-refractivity contribution in [2.24, 2.45) is 34.5 Å². The molecule has 0 heterocycles. The van der Waals surface area contributed by atoms with Gasteiger partial charge in [0.05, 0.1) is 0 Å². The Hall–Kier alpha value is -0.920. The van der Waals surface area contributed by atoms with Crippen molar-refractivity contribution in [1.29, 1.82) is 0 Å². The minimum atomic E-state index is 0.255. The fourth-order valence-corrected chi connectivity index (χ4v) is 6.82. The lowest BCUT2D eigenvalue weighted by Gasteiger charge is -2.57. The van der Waals surface area contributed by atoms with Crippen molar-refractivity contribution in [3.8, 4) is 0 Å². The number of hydrogen-bond acceptors (Lipinski definition) is 2. The number of rotatable bonds is 1. The van der Waals surface area contributed by atoms with Crippen LogP contribution in [0.1, 0.15) is 65.2 Å². The Bertz CT molecular complexity index is 548. The molecule has 0 saturated heterocycles. The highest BCUT2D eigenvalue weighted by Crippen LogP contribution is 2.66. The van der Waals surface area contributed by atoms with Crippen LogP contribution in [-0.2, 0) is 9.59 Å². The molecule has 0 aromatic heterocycles. The maximum Gasteiger partial charge on any atom is 0.155 e. The fourth-order valence-electron chi connectivity index (χ4n) is 6.82. The van der Waals surface area contributed by atoms with E-state index in [2.05, 4.69) is 13.8 Å². The highest BCUT2D eigenvalue weighted by Gasteiger charge is 2.58. The quantitative estimate of drug-likeness (QED) is 0.675. The van der Waals surface area contributed by atoms with E-state index in [1.165, 1.54) is 37.5 Å². The van der Waals surface area contributed by atoms with Gasteiger partial charge in [-0.25, -0.2) is 0 Å². The number of ketones is 1. The first-order valence-electron chi connectivity index (χ1n) is 9.18. The lowest BCUT2D eigenvalue weighted by atomic mass is 9.47. The van der Waals surface area contributed by atoms with Gasteiger partial charge in [0, 0.05) is 12.3 Å². The lowest BCUT2D eigenvalue weighted by molar-refractivity contribution is -0.120. The zero-order valence-electron chi connectivity index (χ0n) is 13.9. The minimum absolute atomic E-state index is 0.255. The van der Waals surface area contributed by atoms with Gasteiger partial charge >= 0.3 is 0 Å². The first-order valence-corrected chi connectivity index (χ1v) is 9.18. The summed E-state index contributed by atoms with van der Waals surface area (Å²) in [6.07, 6.45) is 12.2. The molecule has 6 atom stereocenters. The topological polar surface area (TPSA) is 34.1 Å². The molecular formula is C20H28O2. The molecule has 3 saturated carbocycles. The second-order valence-electron chi connectivity index (χ2n) is 8.83. The predicted octanol–water partition coefficient (Wildman–Crippen LogP) is 4.33. The van der Waals surface area contributed by atoms with Crippen LogP contribution in [-0.4, -0.2) is 12.1 Å². The van der Waals surface area contributed by atoms with Gasteiger partial charge in [-0.05, 0) is 79.6 Å². The molecule has 2 nitrogen and oxygen atoms in total. The van der Waals surface area contributed by atoms with E-state index in [0.29, 0.717) is 5.78 Å². The van der Waals surface area contributed by atoms with Crippen LogP contribution in [0.2, 0.25) is 0 Å². The zero-order chi connectivity index (χ0) is 15.5. The van der Waals surface area contributed by atoms with Crippen LogP contribution in [0.5, 0.6) is 0 Å². The first-order chi connectivity index (χ1) is 10.5. The lowest BCUT2D eigenvalue weighted by Crippen LogP contribution is -2.50. The second kappa shape index (κ2) is 4.79. The first kappa shape index (κ1) is 14.7. The molecule has 0 N–H and O–H groups in total. The Labute approximate surface area is 133 Å². The van der Waals surface area contributed by atoms with Gasteiger partial charge in [0.2, 0.25) is 0 Å². The van der Waals surface area contributed by atoms with Gasteiger partial charge in [-0.1, -0.05) is 19.4 Å². The monoisotopic (exact) mass is 300 g/mol. The van der Waals surface area contributed by atoms with Crippen LogP contribution in [0.4, 0.5) is 0 Å². The smallest absolute Gasteiger partial charge is 0.155 e. The van der Waals surface area contributed by atoms with E-state index in [4.69, 9.17) is 0 Å². The minimum Gasteiger partial charge on any atom is -0.303 e. The molecule has 3 fully saturated rings. The summed E-state index contributed by atoms with van der Waals surface area (Å²) >= 11 is 0. The molecule has 0 aromatic rings. The zero-order valence-corrected chi connectivity index (χ0v) is 13.9. The van der Waals surface area contributed by atoms with Gasteiger partial charge in [0.15, 0.2) is 5.78 Å². The summed E-state index contributed by atoms with van der Waals surface area (Å²) in [6.45, 7) is 4.81. The molecule has 0 bridgehead atoms. The molecular weight excluding hydrogens is 272 g/mol. The third-order valence-corrected chi connectivity index (χ3v) is 8.20. The summed E-state index contributed by atoms with van der Waals surface area (Å²) in [6, 6.07) is 0. The molecule has 0 aliphatic heterocycles. The van der Waals surface area contributed by atoms with E-state index in [1.54, 1.807) is 0 Å². The average molecular weight is 300 g/mol. The molecule has 4 aliphatic rings. The maximum atomic E-state index is 11.8. The Morgan fingerprint density at radius 1 is 1.05 bits per heavy atom. The van der Waals surface area contributed by atoms with Gasteiger partial charge in [-0.3, -0.25) is 4.79 Å². The van der Waals surface area contributed by atoms with Crippen molar-refractivity contribution in [1.82, 2.24) is 0 Å². The Kier molecular flexibility index (Phi) is 3.19. The summed E-state index contributed by atoms with van der Waals surface area (Å²) in [5, 5.41) is 0. The van der Waals surface area contributed by atoms with Crippen LogP contribution in [0.3, 0.4) is 0 Å². The third-order valence-electron chi connectivity index (χ3n) is 8.20. The van der Waals surface area contributed by atoms with E-state index in [0.717, 1.165) is 43.4 Å². The second-order valence-corrected chi connectivity index (χ2v) is 8.83. The molecule has 2 heteroatoms. The molecule has 4 aliphatic carbocycles. The largest absolute Gasteiger partial charge is 0.303 e. The molecule has 0 radical (unpaired) electrons. The number of allylic oxidation sites excluding steroid dienone is 1. The van der Waals surface area contributed by atoms with Gasteiger partial charge in [-0.15, -0.1) is 0 Å². The Morgan fingerprint density at radius 3 is 2.64 bits per heavy atom. The highest BCUT2D eigenvalue weighted by molar-refractivity contribution is 5.91.